The molecule has 0 spiro atoms. The summed E-state index contributed by atoms with van der Waals surface area (Å²) in [5.41, 5.74) is 1.61. The van der Waals surface area contributed by atoms with Crippen molar-refractivity contribution in [3.63, 3.8) is 0 Å². The molecular weight excluding hydrogens is 264 g/mol. The van der Waals surface area contributed by atoms with Crippen LogP contribution in [0.15, 0.2) is 18.2 Å². The molecule has 0 aliphatic carbocycles. The van der Waals surface area contributed by atoms with E-state index in [0.29, 0.717) is 5.02 Å². The van der Waals surface area contributed by atoms with Crippen LogP contribution in [-0.2, 0) is 11.4 Å². The largest absolute Gasteiger partial charge is 0.392 e. The monoisotopic (exact) mass is 284 g/mol. The quantitative estimate of drug-likeness (QED) is 0.870. The summed E-state index contributed by atoms with van der Waals surface area (Å²) < 4.78 is 0. The van der Waals surface area contributed by atoms with E-state index < -0.39 is 0 Å². The van der Waals surface area contributed by atoms with Gasteiger partial charge in [0.25, 0.3) is 0 Å². The molecule has 0 saturated carbocycles. The first-order valence-corrected chi connectivity index (χ1v) is 6.71. The third-order valence-corrected chi connectivity index (χ3v) is 3.11. The first-order chi connectivity index (χ1) is 8.99. The fourth-order valence-corrected chi connectivity index (χ4v) is 1.99. The predicted molar refractivity (Wildman–Crippen MR) is 78.6 cm³/mol. The van der Waals surface area contributed by atoms with Crippen LogP contribution in [0.1, 0.15) is 18.9 Å². The van der Waals surface area contributed by atoms with Gasteiger partial charge in [-0.1, -0.05) is 24.6 Å². The number of carbonyl (C=O) groups excluding carboxylic acids is 1. The summed E-state index contributed by atoms with van der Waals surface area (Å²) in [5.74, 6) is 0.0253. The van der Waals surface area contributed by atoms with E-state index in [0.717, 1.165) is 24.2 Å². The minimum absolute atomic E-state index is 0.0253. The third-order valence-electron chi connectivity index (χ3n) is 2.88. The molecule has 1 amide bonds. The van der Waals surface area contributed by atoms with Gasteiger partial charge in [-0.3, -0.25) is 4.79 Å². The van der Waals surface area contributed by atoms with Gasteiger partial charge in [-0.15, -0.1) is 0 Å². The minimum atomic E-state index is -0.0666. The van der Waals surface area contributed by atoms with Crippen molar-refractivity contribution >= 4 is 23.2 Å². The van der Waals surface area contributed by atoms with E-state index in [1.54, 1.807) is 37.2 Å². The fraction of sp³-hybridized carbons (Fsp3) is 0.500. The van der Waals surface area contributed by atoms with Gasteiger partial charge < -0.3 is 14.9 Å². The van der Waals surface area contributed by atoms with E-state index in [9.17, 15) is 9.90 Å². The number of benzene rings is 1. The molecule has 1 N–H and O–H groups in total. The fourth-order valence-electron chi connectivity index (χ4n) is 1.82. The van der Waals surface area contributed by atoms with Crippen molar-refractivity contribution in [1.29, 1.82) is 0 Å². The Hall–Kier alpha value is -1.26. The van der Waals surface area contributed by atoms with Gasteiger partial charge in [0, 0.05) is 36.9 Å². The lowest BCUT2D eigenvalue weighted by atomic mass is 10.1. The molecule has 19 heavy (non-hydrogen) atoms. The molecular formula is C14H21ClN2O2. The highest BCUT2D eigenvalue weighted by molar-refractivity contribution is 6.30. The summed E-state index contributed by atoms with van der Waals surface area (Å²) >= 11 is 6.01. The topological polar surface area (TPSA) is 43.8 Å². The van der Waals surface area contributed by atoms with Crippen LogP contribution in [0.2, 0.25) is 5.02 Å². The van der Waals surface area contributed by atoms with Crippen molar-refractivity contribution in [1.82, 2.24) is 4.90 Å². The number of likely N-dealkylation sites (N-methyl/N-ethyl adjacent to an activating group) is 1. The van der Waals surface area contributed by atoms with Gasteiger partial charge in [-0.2, -0.15) is 0 Å². The second-order valence-electron chi connectivity index (χ2n) is 4.64. The Labute approximate surface area is 119 Å². The molecule has 0 aromatic heterocycles. The number of aliphatic hydroxyl groups excluding tert-OH is 1. The van der Waals surface area contributed by atoms with Crippen molar-refractivity contribution in [3.05, 3.63) is 28.8 Å². The van der Waals surface area contributed by atoms with Crippen LogP contribution in [0, 0.1) is 0 Å². The third kappa shape index (κ3) is 4.40. The highest BCUT2D eigenvalue weighted by atomic mass is 35.5. The van der Waals surface area contributed by atoms with Crippen LogP contribution < -0.4 is 4.90 Å². The number of carbonyl (C=O) groups is 1. The van der Waals surface area contributed by atoms with Crippen LogP contribution >= 0.6 is 11.6 Å². The van der Waals surface area contributed by atoms with Crippen molar-refractivity contribution in [2.75, 3.05) is 32.1 Å². The van der Waals surface area contributed by atoms with Crippen molar-refractivity contribution in [2.45, 2.75) is 20.0 Å². The Morgan fingerprint density at radius 3 is 2.58 bits per heavy atom. The van der Waals surface area contributed by atoms with Gasteiger partial charge in [0.1, 0.15) is 0 Å². The van der Waals surface area contributed by atoms with Crippen molar-refractivity contribution in [2.24, 2.45) is 0 Å². The summed E-state index contributed by atoms with van der Waals surface area (Å²) in [6.07, 6.45) is 0.915. The van der Waals surface area contributed by atoms with Gasteiger partial charge in [0.05, 0.1) is 13.2 Å². The molecule has 0 atom stereocenters. The lowest BCUT2D eigenvalue weighted by molar-refractivity contribution is -0.127. The van der Waals surface area contributed by atoms with Crippen molar-refractivity contribution in [3.8, 4) is 0 Å². The molecule has 106 valence electrons. The molecule has 1 aromatic carbocycles. The maximum atomic E-state index is 11.9. The molecule has 1 rings (SSSR count). The smallest absolute Gasteiger partial charge is 0.241 e. The zero-order valence-corrected chi connectivity index (χ0v) is 12.4. The predicted octanol–water partition coefficient (Wildman–Crippen LogP) is 2.14. The summed E-state index contributed by atoms with van der Waals surface area (Å²) in [5, 5.41) is 10.0. The second kappa shape index (κ2) is 7.36. The van der Waals surface area contributed by atoms with Crippen LogP contribution in [0.4, 0.5) is 5.69 Å². The number of hydrogen-bond acceptors (Lipinski definition) is 3. The number of anilines is 1. The summed E-state index contributed by atoms with van der Waals surface area (Å²) in [7, 11) is 3.47. The zero-order chi connectivity index (χ0) is 14.4. The number of aliphatic hydroxyl groups is 1. The van der Waals surface area contributed by atoms with E-state index in [4.69, 9.17) is 11.6 Å². The molecule has 0 bridgehead atoms. The molecule has 0 aliphatic rings. The van der Waals surface area contributed by atoms with Crippen LogP contribution in [0.25, 0.3) is 0 Å². The number of halogens is 1. The standard InChI is InChI=1S/C14H21ClN2O2/c1-4-7-17(9-14(19)16(2)3)13-8-12(15)6-5-11(13)10-18/h5-6,8,18H,4,7,9-10H2,1-3H3. The first-order valence-electron chi connectivity index (χ1n) is 6.34. The maximum absolute atomic E-state index is 11.9. The van der Waals surface area contributed by atoms with Crippen LogP contribution in [-0.4, -0.2) is 43.1 Å². The summed E-state index contributed by atoms with van der Waals surface area (Å²) in [6.45, 7) is 3.01. The Balaban J connectivity index is 3.04. The number of rotatable bonds is 6. The van der Waals surface area contributed by atoms with Crippen LogP contribution in [0.3, 0.4) is 0 Å². The first kappa shape index (κ1) is 15.8. The van der Waals surface area contributed by atoms with Gasteiger partial charge in [-0.25, -0.2) is 0 Å². The highest BCUT2D eigenvalue weighted by Crippen LogP contribution is 2.25. The molecule has 4 nitrogen and oxygen atoms in total. The minimum Gasteiger partial charge on any atom is -0.392 e. The number of nitrogens with zero attached hydrogens (tertiary/aromatic N) is 2. The summed E-state index contributed by atoms with van der Waals surface area (Å²) in [6, 6.07) is 5.33. The average Bonchev–Trinajstić information content (AvgIpc) is 2.37. The summed E-state index contributed by atoms with van der Waals surface area (Å²) in [4.78, 5) is 15.4. The lowest BCUT2D eigenvalue weighted by Gasteiger charge is -2.27. The Morgan fingerprint density at radius 2 is 2.05 bits per heavy atom. The molecule has 5 heteroatoms. The molecule has 0 unspecified atom stereocenters. The second-order valence-corrected chi connectivity index (χ2v) is 5.08. The van der Waals surface area contributed by atoms with Gasteiger partial charge >= 0.3 is 0 Å². The SMILES string of the molecule is CCCN(CC(=O)N(C)C)c1cc(Cl)ccc1CO. The van der Waals surface area contributed by atoms with E-state index in [-0.39, 0.29) is 19.1 Å². The number of amides is 1. The average molecular weight is 285 g/mol. The Morgan fingerprint density at radius 1 is 1.37 bits per heavy atom. The molecule has 0 saturated heterocycles. The molecule has 0 aliphatic heterocycles. The maximum Gasteiger partial charge on any atom is 0.241 e. The Kier molecular flexibility index (Phi) is 6.12. The normalized spacial score (nSPS) is 10.4. The van der Waals surface area contributed by atoms with E-state index in [2.05, 4.69) is 6.92 Å². The molecule has 1 aromatic rings. The Bertz CT molecular complexity index is 435. The van der Waals surface area contributed by atoms with E-state index in [1.807, 2.05) is 4.90 Å². The molecule has 0 heterocycles. The van der Waals surface area contributed by atoms with Crippen molar-refractivity contribution < 1.29 is 9.90 Å². The molecule has 0 fully saturated rings. The number of hydrogen-bond donors (Lipinski definition) is 1. The molecule has 0 radical (unpaired) electrons. The van der Waals surface area contributed by atoms with Gasteiger partial charge in [0.2, 0.25) is 5.91 Å². The van der Waals surface area contributed by atoms with Gasteiger partial charge in [-0.05, 0) is 18.6 Å². The highest BCUT2D eigenvalue weighted by Gasteiger charge is 2.15. The van der Waals surface area contributed by atoms with Crippen LogP contribution in [0.5, 0.6) is 0 Å². The lowest BCUT2D eigenvalue weighted by Crippen LogP contribution is -2.37. The van der Waals surface area contributed by atoms with Gasteiger partial charge in [0.15, 0.2) is 0 Å². The van der Waals surface area contributed by atoms with E-state index >= 15 is 0 Å². The zero-order valence-electron chi connectivity index (χ0n) is 11.7. The van der Waals surface area contributed by atoms with E-state index in [1.165, 1.54) is 0 Å².